The van der Waals surface area contributed by atoms with Gasteiger partial charge in [-0.25, -0.2) is 0 Å². The highest BCUT2D eigenvalue weighted by molar-refractivity contribution is 6.00. The first-order valence-corrected chi connectivity index (χ1v) is 14.5. The average Bonchev–Trinajstić information content (AvgIpc) is 3.56. The number of aryl methyl sites for hydroxylation is 4. The normalized spacial score (nSPS) is 12.6. The minimum absolute atomic E-state index is 0.180. The van der Waals surface area contributed by atoms with Crippen molar-refractivity contribution >= 4 is 11.8 Å². The molecule has 2 heterocycles. The molecular formula is C33H46N4O3. The molecule has 1 aliphatic heterocycles. The van der Waals surface area contributed by atoms with Gasteiger partial charge in [0.2, 0.25) is 11.8 Å². The van der Waals surface area contributed by atoms with E-state index in [2.05, 4.69) is 43.2 Å². The highest BCUT2D eigenvalue weighted by Gasteiger charge is 2.33. The lowest BCUT2D eigenvalue weighted by Gasteiger charge is -2.27. The minimum Gasteiger partial charge on any atom is -0.493 e. The van der Waals surface area contributed by atoms with Gasteiger partial charge in [0.25, 0.3) is 0 Å². The Kier molecular flexibility index (Phi) is 10.9. The minimum atomic E-state index is -0.835. The number of ether oxygens (including phenoxy) is 1. The second kappa shape index (κ2) is 14.1. The molecule has 0 spiro atoms. The first-order valence-electron chi connectivity index (χ1n) is 14.5. The highest BCUT2D eigenvalue weighted by Crippen LogP contribution is 2.27. The molecule has 4 rings (SSSR count). The fourth-order valence-corrected chi connectivity index (χ4v) is 5.37. The predicted octanol–water partition coefficient (Wildman–Crippen LogP) is 5.29. The van der Waals surface area contributed by atoms with Gasteiger partial charge in [-0.1, -0.05) is 58.0 Å². The molecule has 7 heteroatoms. The third-order valence-corrected chi connectivity index (χ3v) is 7.49. The molecule has 216 valence electrons. The van der Waals surface area contributed by atoms with Crippen LogP contribution in [0.2, 0.25) is 0 Å². The van der Waals surface area contributed by atoms with Crippen LogP contribution in [0.5, 0.6) is 5.75 Å². The average molecular weight is 547 g/mol. The zero-order chi connectivity index (χ0) is 29.4. The number of nitrogens with zero attached hydrogens (tertiary/aromatic N) is 4. The molecule has 0 saturated heterocycles. The number of carbonyl (C=O) groups is 2. The predicted molar refractivity (Wildman–Crippen MR) is 160 cm³/mol. The molecule has 1 unspecified atom stereocenters. The van der Waals surface area contributed by atoms with Gasteiger partial charge in [-0.05, 0) is 59.7 Å². The van der Waals surface area contributed by atoms with Gasteiger partial charge in [-0.2, -0.15) is 5.10 Å². The molecule has 1 aromatic heterocycles. The van der Waals surface area contributed by atoms with Crippen LogP contribution in [-0.4, -0.2) is 52.1 Å². The van der Waals surface area contributed by atoms with Crippen molar-refractivity contribution < 1.29 is 14.3 Å². The zero-order valence-electron chi connectivity index (χ0n) is 25.6. The second-order valence-electron chi connectivity index (χ2n) is 10.4. The van der Waals surface area contributed by atoms with Crippen molar-refractivity contribution in [2.45, 2.75) is 73.4 Å². The molecular weight excluding hydrogens is 500 g/mol. The Balaban J connectivity index is 0.00000216. The van der Waals surface area contributed by atoms with E-state index >= 15 is 0 Å². The Hall–Kier alpha value is -3.61. The lowest BCUT2D eigenvalue weighted by Crippen LogP contribution is -2.43. The number of fused-ring (bicyclic) bond motifs is 1. The van der Waals surface area contributed by atoms with E-state index in [1.54, 1.807) is 28.6 Å². The van der Waals surface area contributed by atoms with Crippen LogP contribution in [-0.2, 0) is 55.4 Å². The molecule has 0 fully saturated rings. The van der Waals surface area contributed by atoms with E-state index in [9.17, 15) is 9.59 Å². The van der Waals surface area contributed by atoms with Gasteiger partial charge < -0.3 is 14.5 Å². The van der Waals surface area contributed by atoms with Crippen LogP contribution >= 0.6 is 0 Å². The summed E-state index contributed by atoms with van der Waals surface area (Å²) in [5.41, 5.74) is 7.66. The lowest BCUT2D eigenvalue weighted by atomic mass is 9.97. The summed E-state index contributed by atoms with van der Waals surface area (Å²) < 4.78 is 7.38. The fraction of sp³-hybridized carbons (Fsp3) is 0.485. The fourth-order valence-electron chi connectivity index (χ4n) is 5.37. The van der Waals surface area contributed by atoms with Crippen LogP contribution in [0, 0.1) is 12.8 Å². The summed E-state index contributed by atoms with van der Waals surface area (Å²) in [7, 11) is 5.42. The molecule has 1 aliphatic rings. The van der Waals surface area contributed by atoms with E-state index in [1.807, 2.05) is 46.0 Å². The second-order valence-corrected chi connectivity index (χ2v) is 10.4. The quantitative estimate of drug-likeness (QED) is 0.324. The third-order valence-electron chi connectivity index (χ3n) is 7.49. The summed E-state index contributed by atoms with van der Waals surface area (Å²) in [5, 5.41) is 4.43. The summed E-state index contributed by atoms with van der Waals surface area (Å²) in [6.07, 6.45) is 3.12. The van der Waals surface area contributed by atoms with Gasteiger partial charge in [0, 0.05) is 52.8 Å². The van der Waals surface area contributed by atoms with E-state index in [1.165, 1.54) is 16.7 Å². The number of rotatable bonds is 10. The molecule has 7 nitrogen and oxygen atoms in total. The number of benzene rings is 2. The summed E-state index contributed by atoms with van der Waals surface area (Å²) in [5.74, 6) is -0.283. The molecule has 40 heavy (non-hydrogen) atoms. The van der Waals surface area contributed by atoms with Crippen LogP contribution in [0.4, 0.5) is 0 Å². The van der Waals surface area contributed by atoms with E-state index in [-0.39, 0.29) is 11.8 Å². The number of hydrogen-bond acceptors (Lipinski definition) is 4. The molecule has 3 aromatic rings. The van der Waals surface area contributed by atoms with Crippen molar-refractivity contribution in [2.24, 2.45) is 13.0 Å². The highest BCUT2D eigenvalue weighted by atomic mass is 16.5. The SMILES string of the molecule is CC.CCc1ccc(CN(C)C(=O)C(Cc2cc(C)nn2C)C(=O)N(C)Cc2ccc3c(c2)CCO3)cc1CC. The van der Waals surface area contributed by atoms with E-state index in [0.717, 1.165) is 47.5 Å². The Bertz CT molecular complexity index is 1310. The summed E-state index contributed by atoms with van der Waals surface area (Å²) in [4.78, 5) is 31.0. The summed E-state index contributed by atoms with van der Waals surface area (Å²) in [6.45, 7) is 11.8. The van der Waals surface area contributed by atoms with Crippen LogP contribution in [0.15, 0.2) is 42.5 Å². The topological polar surface area (TPSA) is 67.7 Å². The molecule has 0 N–H and O–H groups in total. The molecule has 1 atom stereocenters. The van der Waals surface area contributed by atoms with Gasteiger partial charge in [0.05, 0.1) is 12.3 Å². The van der Waals surface area contributed by atoms with Gasteiger partial charge >= 0.3 is 0 Å². The zero-order valence-corrected chi connectivity index (χ0v) is 25.6. The Morgan fingerprint density at radius 3 is 2.10 bits per heavy atom. The van der Waals surface area contributed by atoms with E-state index < -0.39 is 5.92 Å². The van der Waals surface area contributed by atoms with Crippen molar-refractivity contribution in [1.82, 2.24) is 19.6 Å². The molecule has 0 saturated carbocycles. The summed E-state index contributed by atoms with van der Waals surface area (Å²) in [6, 6.07) is 14.4. The Morgan fingerprint density at radius 2 is 1.52 bits per heavy atom. The van der Waals surface area contributed by atoms with Crippen molar-refractivity contribution in [2.75, 3.05) is 20.7 Å². The third kappa shape index (κ3) is 7.32. The maximum atomic E-state index is 13.8. The first kappa shape index (κ1) is 30.9. The smallest absolute Gasteiger partial charge is 0.235 e. The van der Waals surface area contributed by atoms with Crippen LogP contribution < -0.4 is 4.74 Å². The van der Waals surface area contributed by atoms with Crippen molar-refractivity contribution in [3.05, 3.63) is 81.7 Å². The number of hydrogen-bond donors (Lipinski definition) is 0. The molecule has 0 aliphatic carbocycles. The number of carbonyl (C=O) groups excluding carboxylic acids is 2. The summed E-state index contributed by atoms with van der Waals surface area (Å²) >= 11 is 0. The van der Waals surface area contributed by atoms with Crippen LogP contribution in [0.1, 0.15) is 66.9 Å². The Labute approximate surface area is 240 Å². The largest absolute Gasteiger partial charge is 0.493 e. The number of aromatic nitrogens is 2. The first-order chi connectivity index (χ1) is 19.2. The van der Waals surface area contributed by atoms with Gasteiger partial charge in [0.1, 0.15) is 11.7 Å². The van der Waals surface area contributed by atoms with Crippen LogP contribution in [0.3, 0.4) is 0 Å². The van der Waals surface area contributed by atoms with E-state index in [4.69, 9.17) is 4.74 Å². The van der Waals surface area contributed by atoms with Gasteiger partial charge in [0.15, 0.2) is 0 Å². The van der Waals surface area contributed by atoms with Crippen LogP contribution in [0.25, 0.3) is 0 Å². The lowest BCUT2D eigenvalue weighted by molar-refractivity contribution is -0.146. The molecule has 2 aromatic carbocycles. The van der Waals surface area contributed by atoms with Crippen molar-refractivity contribution in [3.63, 3.8) is 0 Å². The Morgan fingerprint density at radius 1 is 0.925 bits per heavy atom. The van der Waals surface area contributed by atoms with Gasteiger partial charge in [-0.3, -0.25) is 14.3 Å². The van der Waals surface area contributed by atoms with Crippen molar-refractivity contribution in [3.8, 4) is 5.75 Å². The standard InChI is InChI=1S/C31H40N4O3.C2H6/c1-7-24-11-9-22(16-25(24)8-2)19-33(4)30(36)28(18-27-15-21(3)32-35(27)6)31(37)34(5)20-23-10-12-29-26(17-23)13-14-38-29;1-2/h9-12,15-17,28H,7-8,13-14,18-20H2,1-6H3;1-2H3. The van der Waals surface area contributed by atoms with Crippen molar-refractivity contribution in [1.29, 1.82) is 0 Å². The number of amides is 2. The maximum Gasteiger partial charge on any atom is 0.235 e. The van der Waals surface area contributed by atoms with E-state index in [0.29, 0.717) is 26.1 Å². The molecule has 0 bridgehead atoms. The monoisotopic (exact) mass is 546 g/mol. The maximum absolute atomic E-state index is 13.8. The molecule has 2 amide bonds. The molecule has 0 radical (unpaired) electrons. The van der Waals surface area contributed by atoms with Gasteiger partial charge in [-0.15, -0.1) is 0 Å².